The first kappa shape index (κ1) is 22.9. The molecule has 0 unspecified atom stereocenters. The van der Waals surface area contributed by atoms with Gasteiger partial charge in [-0.2, -0.15) is 0 Å². The Morgan fingerprint density at radius 2 is 1.63 bits per heavy atom. The number of ketones is 1. The van der Waals surface area contributed by atoms with Crippen LogP contribution < -0.4 is 5.56 Å². The van der Waals surface area contributed by atoms with E-state index >= 15 is 0 Å². The van der Waals surface area contributed by atoms with Gasteiger partial charge < -0.3 is 0 Å². The van der Waals surface area contributed by atoms with Crippen molar-refractivity contribution in [3.63, 3.8) is 0 Å². The number of carbonyl (C=O) groups is 1. The number of allylic oxidation sites excluding steroid dienone is 1. The van der Waals surface area contributed by atoms with Gasteiger partial charge >= 0.3 is 0 Å². The average molecular weight is 543 g/mol. The van der Waals surface area contributed by atoms with Crippen LogP contribution in [0.2, 0.25) is 5.02 Å². The monoisotopic (exact) mass is 541 g/mol. The van der Waals surface area contributed by atoms with Gasteiger partial charge in [0.15, 0.2) is 5.78 Å². The van der Waals surface area contributed by atoms with Crippen molar-refractivity contribution in [1.82, 2.24) is 14.5 Å². The molecule has 0 amide bonds. The number of nitrogens with zero attached hydrogens (tertiary/aromatic N) is 3. The largest absolute Gasteiger partial charge is 0.289 e. The molecule has 0 atom stereocenters. The molecule has 2 aromatic heterocycles. The molecule has 7 heteroatoms. The molecule has 5 aromatic rings. The molecular formula is C28H17BrClN3O2. The van der Waals surface area contributed by atoms with Gasteiger partial charge in [0.1, 0.15) is 5.82 Å². The molecule has 0 fully saturated rings. The summed E-state index contributed by atoms with van der Waals surface area (Å²) in [6.07, 6.45) is 6.57. The Morgan fingerprint density at radius 3 is 2.34 bits per heavy atom. The van der Waals surface area contributed by atoms with E-state index in [9.17, 15) is 9.59 Å². The third-order valence-corrected chi connectivity index (χ3v) is 6.22. The Labute approximate surface area is 214 Å². The minimum atomic E-state index is -0.204. The Hall–Kier alpha value is -3.87. The summed E-state index contributed by atoms with van der Waals surface area (Å²) in [5.41, 5.74) is 3.14. The van der Waals surface area contributed by atoms with E-state index in [0.717, 1.165) is 15.6 Å². The van der Waals surface area contributed by atoms with Crippen LogP contribution in [0.25, 0.3) is 34.1 Å². The molecule has 0 saturated heterocycles. The zero-order valence-corrected chi connectivity index (χ0v) is 20.6. The maximum atomic E-state index is 13.6. The van der Waals surface area contributed by atoms with Gasteiger partial charge in [0.25, 0.3) is 5.56 Å². The van der Waals surface area contributed by atoms with Gasteiger partial charge in [0.05, 0.1) is 16.6 Å². The fourth-order valence-corrected chi connectivity index (χ4v) is 4.20. The third kappa shape index (κ3) is 4.85. The zero-order valence-electron chi connectivity index (χ0n) is 18.2. The first-order valence-electron chi connectivity index (χ1n) is 10.7. The summed E-state index contributed by atoms with van der Waals surface area (Å²) in [7, 11) is 0. The van der Waals surface area contributed by atoms with Crippen molar-refractivity contribution in [3.8, 4) is 17.1 Å². The van der Waals surface area contributed by atoms with Gasteiger partial charge in [0, 0.05) is 33.0 Å². The molecule has 2 heterocycles. The summed E-state index contributed by atoms with van der Waals surface area (Å²) >= 11 is 9.35. The van der Waals surface area contributed by atoms with Crippen LogP contribution in [0.5, 0.6) is 0 Å². The minimum Gasteiger partial charge on any atom is -0.289 e. The number of carbonyl (C=O) groups excluding carboxylic acids is 1. The number of rotatable bonds is 5. The van der Waals surface area contributed by atoms with E-state index in [4.69, 9.17) is 16.6 Å². The molecule has 0 radical (unpaired) electrons. The van der Waals surface area contributed by atoms with E-state index in [2.05, 4.69) is 20.9 Å². The van der Waals surface area contributed by atoms with Crippen molar-refractivity contribution in [2.75, 3.05) is 0 Å². The van der Waals surface area contributed by atoms with E-state index in [1.54, 1.807) is 65.5 Å². The molecule has 5 rings (SSSR count). The van der Waals surface area contributed by atoms with Gasteiger partial charge in [-0.1, -0.05) is 45.7 Å². The molecule has 0 aliphatic carbocycles. The van der Waals surface area contributed by atoms with Gasteiger partial charge in [-0.3, -0.25) is 19.1 Å². The van der Waals surface area contributed by atoms with Crippen LogP contribution in [-0.4, -0.2) is 20.3 Å². The Bertz CT molecular complexity index is 1630. The summed E-state index contributed by atoms with van der Waals surface area (Å²) in [6.45, 7) is 0. The van der Waals surface area contributed by atoms with Crippen molar-refractivity contribution < 1.29 is 4.79 Å². The lowest BCUT2D eigenvalue weighted by Gasteiger charge is -2.14. The van der Waals surface area contributed by atoms with Crippen LogP contribution in [0.1, 0.15) is 15.9 Å². The molecule has 170 valence electrons. The minimum absolute atomic E-state index is 0.145. The van der Waals surface area contributed by atoms with Crippen LogP contribution in [-0.2, 0) is 0 Å². The fraction of sp³-hybridized carbons (Fsp3) is 0. The van der Waals surface area contributed by atoms with Gasteiger partial charge in [-0.25, -0.2) is 4.98 Å². The highest BCUT2D eigenvalue weighted by Crippen LogP contribution is 2.24. The predicted molar refractivity (Wildman–Crippen MR) is 143 cm³/mol. The Balaban J connectivity index is 1.56. The highest BCUT2D eigenvalue weighted by molar-refractivity contribution is 9.10. The molecular weight excluding hydrogens is 526 g/mol. The highest BCUT2D eigenvalue weighted by atomic mass is 79.9. The summed E-state index contributed by atoms with van der Waals surface area (Å²) in [4.78, 5) is 35.1. The predicted octanol–water partition coefficient (Wildman–Crippen LogP) is 6.76. The normalized spacial score (nSPS) is 11.3. The lowest BCUT2D eigenvalue weighted by atomic mass is 10.1. The van der Waals surface area contributed by atoms with Crippen molar-refractivity contribution >= 4 is 50.3 Å². The molecule has 0 bridgehead atoms. The highest BCUT2D eigenvalue weighted by Gasteiger charge is 2.15. The number of hydrogen-bond donors (Lipinski definition) is 0. The number of benzene rings is 3. The Kier molecular flexibility index (Phi) is 6.40. The zero-order chi connectivity index (χ0) is 24.4. The van der Waals surface area contributed by atoms with E-state index < -0.39 is 0 Å². The third-order valence-electron chi connectivity index (χ3n) is 5.48. The molecule has 35 heavy (non-hydrogen) atoms. The second-order valence-corrected chi connectivity index (χ2v) is 9.12. The molecule has 5 nitrogen and oxygen atoms in total. The smallest absolute Gasteiger partial charge is 0.266 e. The number of pyridine rings is 1. The molecule has 0 spiro atoms. The van der Waals surface area contributed by atoms with E-state index in [1.165, 1.54) is 6.08 Å². The molecule has 3 aromatic carbocycles. The summed E-state index contributed by atoms with van der Waals surface area (Å²) in [5.74, 6) is 0.350. The summed E-state index contributed by atoms with van der Waals surface area (Å²) in [6, 6.07) is 23.2. The first-order chi connectivity index (χ1) is 17.0. The first-order valence-corrected chi connectivity index (χ1v) is 11.9. The van der Waals surface area contributed by atoms with Crippen LogP contribution in [0, 0.1) is 0 Å². The van der Waals surface area contributed by atoms with Crippen LogP contribution in [0.15, 0.2) is 107 Å². The maximum absolute atomic E-state index is 13.6. The molecule has 0 N–H and O–H groups in total. The second-order valence-electron chi connectivity index (χ2n) is 7.77. The van der Waals surface area contributed by atoms with Gasteiger partial charge in [-0.15, -0.1) is 0 Å². The maximum Gasteiger partial charge on any atom is 0.266 e. The van der Waals surface area contributed by atoms with E-state index in [1.807, 2.05) is 36.4 Å². The van der Waals surface area contributed by atoms with Crippen molar-refractivity contribution in [1.29, 1.82) is 0 Å². The Morgan fingerprint density at radius 1 is 0.914 bits per heavy atom. The standard InChI is InChI=1S/C28H17BrClN3O2/c29-21-6-11-25-24(17-21)28(35)33(27(32-25)20-13-15-31-16-14-20)23-9-4-19(5-10-23)26(34)12-3-18-1-7-22(30)8-2-18/h1-17H/b12-3+. The number of hydrogen-bond acceptors (Lipinski definition) is 4. The van der Waals surface area contributed by atoms with Crippen molar-refractivity contribution in [2.24, 2.45) is 0 Å². The van der Waals surface area contributed by atoms with E-state index in [0.29, 0.717) is 33.0 Å². The van der Waals surface area contributed by atoms with Gasteiger partial charge in [-0.05, 0) is 78.4 Å². The van der Waals surface area contributed by atoms with E-state index in [-0.39, 0.29) is 11.3 Å². The van der Waals surface area contributed by atoms with Crippen LogP contribution >= 0.6 is 27.5 Å². The van der Waals surface area contributed by atoms with Crippen molar-refractivity contribution in [3.05, 3.63) is 128 Å². The van der Waals surface area contributed by atoms with Crippen LogP contribution in [0.4, 0.5) is 0 Å². The van der Waals surface area contributed by atoms with Gasteiger partial charge in [0.2, 0.25) is 0 Å². The lowest BCUT2D eigenvalue weighted by molar-refractivity contribution is 0.104. The fourth-order valence-electron chi connectivity index (χ4n) is 3.71. The summed E-state index contributed by atoms with van der Waals surface area (Å²) in [5, 5.41) is 1.13. The second kappa shape index (κ2) is 9.78. The topological polar surface area (TPSA) is 64.8 Å². The summed E-state index contributed by atoms with van der Waals surface area (Å²) < 4.78 is 2.35. The number of aromatic nitrogens is 3. The quantitative estimate of drug-likeness (QED) is 0.182. The number of halogens is 2. The number of fused-ring (bicyclic) bond motifs is 1. The molecule has 0 aliphatic heterocycles. The average Bonchev–Trinajstić information content (AvgIpc) is 2.89. The molecule has 0 aliphatic rings. The van der Waals surface area contributed by atoms with Crippen LogP contribution in [0.3, 0.4) is 0 Å². The lowest BCUT2D eigenvalue weighted by Crippen LogP contribution is -2.22. The van der Waals surface area contributed by atoms with Crippen molar-refractivity contribution in [2.45, 2.75) is 0 Å². The molecule has 0 saturated carbocycles. The SMILES string of the molecule is O=C(/C=C/c1ccc(Cl)cc1)c1ccc(-n2c(-c3ccncc3)nc3ccc(Br)cc3c2=O)cc1.